The van der Waals surface area contributed by atoms with Crippen LogP contribution in [0.25, 0.3) is 4.13 Å². The van der Waals surface area contributed by atoms with E-state index in [0.29, 0.717) is 12.2 Å². The van der Waals surface area contributed by atoms with Gasteiger partial charge < -0.3 is 13.3 Å². The number of quaternary nitrogens is 1. The molecule has 0 amide bonds. The summed E-state index contributed by atoms with van der Waals surface area (Å²) in [5.74, 6) is -0.253. The maximum atomic E-state index is 11.4. The fourth-order valence-corrected chi connectivity index (χ4v) is 5.82. The second-order valence-electron chi connectivity index (χ2n) is 10.6. The quantitative estimate of drug-likeness (QED) is 0.0377. The minimum Gasteiger partial charge on any atom is -0.462 e. The smallest absolute Gasteiger partial charge is 0.462 e. The van der Waals surface area contributed by atoms with E-state index < -0.39 is 31.1 Å². The van der Waals surface area contributed by atoms with Gasteiger partial charge in [0.25, 0.3) is 0 Å². The normalized spacial score (nSPS) is 12.9. The number of unbranched alkanes of at least 4 members (excludes halogenated alkanes) is 9. The molecule has 0 bridgehead atoms. The summed E-state index contributed by atoms with van der Waals surface area (Å²) in [5, 5.41) is 0. The van der Waals surface area contributed by atoms with Crippen LogP contribution >= 0.6 is 0 Å². The number of halogens is 6. The molecule has 0 atom stereocenters. The van der Waals surface area contributed by atoms with Crippen molar-refractivity contribution in [2.45, 2.75) is 122 Å². The Labute approximate surface area is 254 Å². The Kier molecular flexibility index (Phi) is 21.7. The second kappa shape index (κ2) is 21.4. The highest BCUT2D eigenvalue weighted by molar-refractivity contribution is 8.13. The minimum atomic E-state index is -6.72. The Balaban J connectivity index is 0. The zero-order chi connectivity index (χ0) is 33.8. The molecule has 0 aromatic carbocycles. The van der Waals surface area contributed by atoms with Crippen LogP contribution in [0, 0.1) is 0 Å². The van der Waals surface area contributed by atoms with E-state index in [1.54, 1.807) is 6.92 Å². The number of carbonyl (C=O) groups excluding carboxylic acids is 1. The molecule has 16 heteroatoms. The van der Waals surface area contributed by atoms with Crippen LogP contribution in [-0.2, 0) is 29.6 Å². The van der Waals surface area contributed by atoms with E-state index in [1.807, 2.05) is 0 Å². The van der Waals surface area contributed by atoms with Gasteiger partial charge in [-0.05, 0) is 51.9 Å². The molecule has 0 radical (unpaired) electrons. The summed E-state index contributed by atoms with van der Waals surface area (Å²) < 4.78 is 116. The summed E-state index contributed by atoms with van der Waals surface area (Å²) in [5.41, 5.74) is -11.9. The summed E-state index contributed by atoms with van der Waals surface area (Å²) in [6.07, 6.45) is 16.9. The van der Waals surface area contributed by atoms with Gasteiger partial charge in [0.05, 0.1) is 32.8 Å². The Bertz CT molecular complexity index is 950. The first-order valence-electron chi connectivity index (χ1n) is 14.8. The topological polar surface area (TPSA) is 109 Å². The number of esters is 1. The molecule has 0 saturated carbocycles. The van der Waals surface area contributed by atoms with Crippen molar-refractivity contribution >= 4 is 26.0 Å². The van der Waals surface area contributed by atoms with Crippen LogP contribution in [0.2, 0.25) is 0 Å². The van der Waals surface area contributed by atoms with Gasteiger partial charge in [0, 0.05) is 5.57 Å². The third-order valence-corrected chi connectivity index (χ3v) is 9.34. The van der Waals surface area contributed by atoms with Crippen LogP contribution in [0.5, 0.6) is 0 Å². The van der Waals surface area contributed by atoms with Crippen LogP contribution in [0.4, 0.5) is 26.3 Å². The van der Waals surface area contributed by atoms with Gasteiger partial charge in [-0.3, -0.25) is 0 Å². The second-order valence-corrected chi connectivity index (χ2v) is 14.0. The van der Waals surface area contributed by atoms with Crippen LogP contribution in [0.15, 0.2) is 12.2 Å². The highest BCUT2D eigenvalue weighted by Gasteiger charge is 2.47. The van der Waals surface area contributed by atoms with E-state index in [0.717, 1.165) is 17.0 Å². The number of carbonyl (C=O) groups is 1. The zero-order valence-corrected chi connectivity index (χ0v) is 27.5. The fraction of sp³-hybridized carbons (Fsp3) is 0.889. The Morgan fingerprint density at radius 3 is 1.37 bits per heavy atom. The largest absolute Gasteiger partial charge is 0.480 e. The van der Waals surface area contributed by atoms with Gasteiger partial charge in [0.2, 0.25) is 0 Å². The third-order valence-electron chi connectivity index (χ3n) is 6.60. The molecular weight excluding hydrogens is 626 g/mol. The van der Waals surface area contributed by atoms with E-state index in [1.165, 1.54) is 101 Å². The molecule has 0 spiro atoms. The predicted molar refractivity (Wildman–Crippen MR) is 156 cm³/mol. The Morgan fingerprint density at radius 1 is 0.651 bits per heavy atom. The number of alkyl halides is 6. The van der Waals surface area contributed by atoms with Crippen molar-refractivity contribution in [3.63, 3.8) is 0 Å². The van der Waals surface area contributed by atoms with Crippen LogP contribution in [0.1, 0.15) is 111 Å². The van der Waals surface area contributed by atoms with Gasteiger partial charge in [-0.25, -0.2) is 21.6 Å². The summed E-state index contributed by atoms with van der Waals surface area (Å²) in [7, 11) is -13.4. The molecule has 0 fully saturated rings. The van der Waals surface area contributed by atoms with Crippen LogP contribution in [-0.4, -0.2) is 71.1 Å². The van der Waals surface area contributed by atoms with Gasteiger partial charge in [-0.15, -0.1) is 0 Å². The molecule has 0 N–H and O–H groups in total. The van der Waals surface area contributed by atoms with Gasteiger partial charge in [0.1, 0.15) is 0 Å². The molecule has 8 nitrogen and oxygen atoms in total. The summed E-state index contributed by atoms with van der Waals surface area (Å²) in [6, 6.07) is 0. The van der Waals surface area contributed by atoms with E-state index in [4.69, 9.17) is 4.74 Å². The molecule has 0 aromatic heterocycles. The van der Waals surface area contributed by atoms with Crippen molar-refractivity contribution in [3.05, 3.63) is 16.3 Å². The fourth-order valence-electron chi connectivity index (χ4n) is 4.11. The van der Waals surface area contributed by atoms with Crippen molar-refractivity contribution in [1.82, 2.24) is 0 Å². The summed E-state index contributed by atoms with van der Waals surface area (Å²) >= 11 is 0. The standard InChI is InChI=1S/C25H50NO2.C2F6NO4S2/c1-6-9-16-21-26(19-10-7-2,20-11-8-3)22-17-14-12-13-15-18-23-28-25(27)24(4)5;3-1(4,5)14(10,11)9-15(12,13)2(6,7)8/h4,6-23H2,1-3,5H3;/q+1;-1. The number of ether oxygens (including phenoxy) is 1. The molecular formula is C27H50F6N2O6S2. The molecule has 0 aliphatic heterocycles. The first-order chi connectivity index (χ1) is 19.7. The van der Waals surface area contributed by atoms with E-state index >= 15 is 0 Å². The average Bonchev–Trinajstić information content (AvgIpc) is 2.88. The molecule has 0 aliphatic rings. The number of hydrogen-bond donors (Lipinski definition) is 0. The predicted octanol–water partition coefficient (Wildman–Crippen LogP) is 8.11. The van der Waals surface area contributed by atoms with Gasteiger partial charge in [-0.1, -0.05) is 65.9 Å². The highest BCUT2D eigenvalue weighted by Crippen LogP contribution is 2.36. The minimum absolute atomic E-state index is 0.253. The summed E-state index contributed by atoms with van der Waals surface area (Å²) in [6.45, 7) is 18.3. The number of hydrogen-bond acceptors (Lipinski definition) is 6. The van der Waals surface area contributed by atoms with Crippen molar-refractivity contribution < 1.29 is 57.2 Å². The molecule has 0 rings (SSSR count). The molecule has 0 saturated heterocycles. The molecule has 0 aromatic rings. The van der Waals surface area contributed by atoms with Crippen LogP contribution < -0.4 is 0 Å². The van der Waals surface area contributed by atoms with E-state index in [-0.39, 0.29) is 5.97 Å². The van der Waals surface area contributed by atoms with Crippen LogP contribution in [0.3, 0.4) is 0 Å². The monoisotopic (exact) mass is 676 g/mol. The van der Waals surface area contributed by atoms with Gasteiger partial charge >= 0.3 is 17.0 Å². The zero-order valence-electron chi connectivity index (χ0n) is 25.9. The lowest BCUT2D eigenvalue weighted by molar-refractivity contribution is -0.929. The Morgan fingerprint density at radius 2 is 1.00 bits per heavy atom. The highest BCUT2D eigenvalue weighted by atomic mass is 32.3. The third kappa shape index (κ3) is 19.6. The summed E-state index contributed by atoms with van der Waals surface area (Å²) in [4.78, 5) is 11.3. The van der Waals surface area contributed by atoms with Gasteiger partial charge in [-0.2, -0.15) is 26.3 Å². The maximum Gasteiger partial charge on any atom is 0.480 e. The van der Waals surface area contributed by atoms with Crippen molar-refractivity contribution in [1.29, 1.82) is 0 Å². The molecule has 0 unspecified atom stereocenters. The van der Waals surface area contributed by atoms with E-state index in [9.17, 15) is 48.0 Å². The number of nitrogens with zero attached hydrogens (tertiary/aromatic N) is 2. The first kappa shape index (κ1) is 43.7. The maximum absolute atomic E-state index is 11.4. The SMILES string of the molecule is C=C(C)C(=O)OCCCCCCCC[N+](CCCC)(CCCC)CCCCC.O=S(=O)([N-]S(=O)(=O)C(F)(F)F)C(F)(F)F. The van der Waals surface area contributed by atoms with Gasteiger partial charge in [0.15, 0.2) is 20.0 Å². The van der Waals surface area contributed by atoms with E-state index in [2.05, 4.69) is 27.4 Å². The average molecular weight is 677 g/mol. The molecule has 0 heterocycles. The van der Waals surface area contributed by atoms with Crippen molar-refractivity contribution in [2.75, 3.05) is 32.8 Å². The number of sulfonamides is 2. The Hall–Kier alpha value is -1.39. The lowest BCUT2D eigenvalue weighted by Gasteiger charge is -2.39. The molecule has 0 aliphatic carbocycles. The lowest BCUT2D eigenvalue weighted by Crippen LogP contribution is -2.50. The molecule has 258 valence electrons. The van der Waals surface area contributed by atoms with Crippen molar-refractivity contribution in [3.8, 4) is 0 Å². The first-order valence-corrected chi connectivity index (χ1v) is 17.6. The molecule has 43 heavy (non-hydrogen) atoms. The van der Waals surface area contributed by atoms with Crippen molar-refractivity contribution in [2.24, 2.45) is 0 Å². The number of rotatable bonds is 22. The lowest BCUT2D eigenvalue weighted by atomic mass is 10.1.